The lowest BCUT2D eigenvalue weighted by Crippen LogP contribution is -2.61. The van der Waals surface area contributed by atoms with Gasteiger partial charge in [-0.15, -0.1) is 0 Å². The molecule has 0 saturated carbocycles. The topological polar surface area (TPSA) is 86.3 Å². The highest BCUT2D eigenvalue weighted by Crippen LogP contribution is 2.34. The highest BCUT2D eigenvalue weighted by Gasteiger charge is 2.48. The molecule has 2 aromatic rings. The van der Waals surface area contributed by atoms with Crippen molar-refractivity contribution in [1.29, 1.82) is 0 Å². The first-order chi connectivity index (χ1) is 16.9. The molecule has 0 aliphatic carbocycles. The second kappa shape index (κ2) is 11.1. The zero-order valence-corrected chi connectivity index (χ0v) is 20.6. The van der Waals surface area contributed by atoms with E-state index in [9.17, 15) is 9.59 Å². The van der Waals surface area contributed by atoms with Gasteiger partial charge in [0.2, 0.25) is 5.91 Å². The molecule has 2 aliphatic rings. The molecule has 35 heavy (non-hydrogen) atoms. The number of hydrogen-bond donors (Lipinski definition) is 1. The van der Waals surface area contributed by atoms with Crippen LogP contribution in [0.2, 0.25) is 0 Å². The van der Waals surface area contributed by atoms with E-state index < -0.39 is 5.54 Å². The van der Waals surface area contributed by atoms with E-state index >= 15 is 0 Å². The SMILES string of the molecule is COC(=O)c1ccc([C@H](C)NC(=O)C2(N3CC[C@@H](Oc4cccc(OC)c4)C3)CCOCC2)cc1. The number of rotatable bonds is 8. The van der Waals surface area contributed by atoms with Gasteiger partial charge >= 0.3 is 5.97 Å². The van der Waals surface area contributed by atoms with Crippen molar-refractivity contribution < 1.29 is 28.5 Å². The smallest absolute Gasteiger partial charge is 0.337 e. The monoisotopic (exact) mass is 482 g/mol. The zero-order valence-electron chi connectivity index (χ0n) is 20.6. The van der Waals surface area contributed by atoms with Gasteiger partial charge in [-0.1, -0.05) is 18.2 Å². The van der Waals surface area contributed by atoms with Gasteiger partial charge in [0.05, 0.1) is 25.8 Å². The first-order valence-corrected chi connectivity index (χ1v) is 12.1. The van der Waals surface area contributed by atoms with E-state index in [0.717, 1.165) is 30.0 Å². The third kappa shape index (κ3) is 5.60. The molecular weight excluding hydrogens is 448 g/mol. The number of methoxy groups -OCH3 is 2. The summed E-state index contributed by atoms with van der Waals surface area (Å²) in [5, 5.41) is 3.22. The van der Waals surface area contributed by atoms with Crippen molar-refractivity contribution in [2.24, 2.45) is 0 Å². The van der Waals surface area contributed by atoms with Crippen LogP contribution in [0.25, 0.3) is 0 Å². The van der Waals surface area contributed by atoms with Crippen LogP contribution in [0.1, 0.15) is 48.1 Å². The molecule has 1 amide bonds. The summed E-state index contributed by atoms with van der Waals surface area (Å²) in [5.41, 5.74) is 0.772. The van der Waals surface area contributed by atoms with Crippen molar-refractivity contribution in [2.45, 2.75) is 43.9 Å². The number of amides is 1. The number of carbonyl (C=O) groups is 2. The number of likely N-dealkylation sites (tertiary alicyclic amines) is 1. The van der Waals surface area contributed by atoms with Crippen LogP contribution in [-0.2, 0) is 14.3 Å². The Labute approximate surface area is 206 Å². The molecule has 2 fully saturated rings. The van der Waals surface area contributed by atoms with Crippen LogP contribution in [-0.4, -0.2) is 68.9 Å². The Balaban J connectivity index is 1.44. The average Bonchev–Trinajstić information content (AvgIpc) is 3.37. The molecule has 0 spiro atoms. The van der Waals surface area contributed by atoms with Gasteiger partial charge in [-0.05, 0) is 56.0 Å². The van der Waals surface area contributed by atoms with E-state index in [2.05, 4.69) is 10.2 Å². The summed E-state index contributed by atoms with van der Waals surface area (Å²) in [6.45, 7) is 4.51. The van der Waals surface area contributed by atoms with Gasteiger partial charge in [-0.3, -0.25) is 9.69 Å². The Morgan fingerprint density at radius 1 is 1.09 bits per heavy atom. The Morgan fingerprint density at radius 3 is 2.49 bits per heavy atom. The first-order valence-electron chi connectivity index (χ1n) is 12.1. The summed E-state index contributed by atoms with van der Waals surface area (Å²) in [5.74, 6) is 1.15. The predicted octanol–water partition coefficient (Wildman–Crippen LogP) is 3.36. The average molecular weight is 483 g/mol. The molecule has 2 aromatic carbocycles. The van der Waals surface area contributed by atoms with Gasteiger partial charge in [0.15, 0.2) is 0 Å². The van der Waals surface area contributed by atoms with Gasteiger partial charge < -0.3 is 24.3 Å². The number of ether oxygens (including phenoxy) is 4. The summed E-state index contributed by atoms with van der Waals surface area (Å²) in [4.78, 5) is 27.7. The molecule has 2 heterocycles. The fraction of sp³-hybridized carbons (Fsp3) is 0.481. The van der Waals surface area contributed by atoms with E-state index in [1.807, 2.05) is 43.3 Å². The van der Waals surface area contributed by atoms with E-state index in [1.165, 1.54) is 7.11 Å². The largest absolute Gasteiger partial charge is 0.497 e. The Morgan fingerprint density at radius 2 is 1.80 bits per heavy atom. The number of benzene rings is 2. The number of nitrogens with zero attached hydrogens (tertiary/aromatic N) is 1. The number of esters is 1. The minimum absolute atomic E-state index is 0.00193. The third-order valence-electron chi connectivity index (χ3n) is 7.02. The molecular formula is C27H34N2O6. The summed E-state index contributed by atoms with van der Waals surface area (Å²) >= 11 is 0. The van der Waals surface area contributed by atoms with Crippen molar-refractivity contribution in [3.63, 3.8) is 0 Å². The van der Waals surface area contributed by atoms with Crippen LogP contribution >= 0.6 is 0 Å². The molecule has 1 N–H and O–H groups in total. The quantitative estimate of drug-likeness (QED) is 0.578. The standard InChI is InChI=1S/C27H34N2O6/c1-19(20-7-9-21(10-8-20)25(30)33-3)28-26(31)27(12-15-34-16-13-27)29-14-11-24(18-29)35-23-6-4-5-22(17-23)32-2/h4-10,17,19,24H,11-16,18H2,1-3H3,(H,28,31)/t19-,24+/m0/s1. The molecule has 0 unspecified atom stereocenters. The van der Waals surface area contributed by atoms with Gasteiger partial charge in [-0.2, -0.15) is 0 Å². The molecule has 4 rings (SSSR count). The van der Waals surface area contributed by atoms with Crippen molar-refractivity contribution in [3.05, 3.63) is 59.7 Å². The fourth-order valence-electron chi connectivity index (χ4n) is 4.92. The Bertz CT molecular complexity index is 1020. The minimum atomic E-state index is -0.634. The molecule has 2 saturated heterocycles. The second-order valence-electron chi connectivity index (χ2n) is 9.11. The van der Waals surface area contributed by atoms with Gasteiger partial charge in [0, 0.05) is 32.4 Å². The van der Waals surface area contributed by atoms with Crippen molar-refractivity contribution in [2.75, 3.05) is 40.5 Å². The maximum atomic E-state index is 13.7. The number of carbonyl (C=O) groups excluding carboxylic acids is 2. The maximum Gasteiger partial charge on any atom is 0.337 e. The van der Waals surface area contributed by atoms with Crippen LogP contribution < -0.4 is 14.8 Å². The van der Waals surface area contributed by atoms with Crippen molar-refractivity contribution in [3.8, 4) is 11.5 Å². The second-order valence-corrected chi connectivity index (χ2v) is 9.11. The molecule has 0 aromatic heterocycles. The summed E-state index contributed by atoms with van der Waals surface area (Å²) < 4.78 is 21.9. The molecule has 8 heteroatoms. The Hall–Kier alpha value is -3.10. The normalized spacial score (nSPS) is 20.6. The molecule has 0 radical (unpaired) electrons. The van der Waals surface area contributed by atoms with Crippen LogP contribution in [0, 0.1) is 0 Å². The lowest BCUT2D eigenvalue weighted by atomic mass is 9.86. The van der Waals surface area contributed by atoms with Crippen LogP contribution in [0.15, 0.2) is 48.5 Å². The van der Waals surface area contributed by atoms with E-state index in [1.54, 1.807) is 19.2 Å². The van der Waals surface area contributed by atoms with Crippen LogP contribution in [0.5, 0.6) is 11.5 Å². The Kier molecular flexibility index (Phi) is 7.93. The zero-order chi connectivity index (χ0) is 24.8. The molecule has 0 bridgehead atoms. The van der Waals surface area contributed by atoms with Crippen LogP contribution in [0.3, 0.4) is 0 Å². The van der Waals surface area contributed by atoms with Gasteiger partial charge in [0.1, 0.15) is 23.1 Å². The number of hydrogen-bond acceptors (Lipinski definition) is 7. The van der Waals surface area contributed by atoms with E-state index in [4.69, 9.17) is 18.9 Å². The summed E-state index contributed by atoms with van der Waals surface area (Å²) in [6, 6.07) is 14.5. The number of nitrogens with one attached hydrogen (secondary N) is 1. The lowest BCUT2D eigenvalue weighted by molar-refractivity contribution is -0.140. The molecule has 2 aliphatic heterocycles. The van der Waals surface area contributed by atoms with Gasteiger partial charge in [-0.25, -0.2) is 4.79 Å². The summed E-state index contributed by atoms with van der Waals surface area (Å²) in [6.07, 6.45) is 2.12. The van der Waals surface area contributed by atoms with Crippen LogP contribution in [0.4, 0.5) is 0 Å². The van der Waals surface area contributed by atoms with Gasteiger partial charge in [0.25, 0.3) is 0 Å². The van der Waals surface area contributed by atoms with E-state index in [0.29, 0.717) is 38.2 Å². The summed E-state index contributed by atoms with van der Waals surface area (Å²) in [7, 11) is 3.00. The predicted molar refractivity (Wildman–Crippen MR) is 131 cm³/mol. The third-order valence-corrected chi connectivity index (χ3v) is 7.02. The van der Waals surface area contributed by atoms with Crippen molar-refractivity contribution in [1.82, 2.24) is 10.2 Å². The fourth-order valence-corrected chi connectivity index (χ4v) is 4.92. The minimum Gasteiger partial charge on any atom is -0.497 e. The lowest BCUT2D eigenvalue weighted by Gasteiger charge is -2.43. The highest BCUT2D eigenvalue weighted by atomic mass is 16.5. The molecule has 2 atom stereocenters. The maximum absolute atomic E-state index is 13.7. The van der Waals surface area contributed by atoms with E-state index in [-0.39, 0.29) is 24.0 Å². The molecule has 8 nitrogen and oxygen atoms in total. The molecule has 188 valence electrons. The van der Waals surface area contributed by atoms with Crippen molar-refractivity contribution >= 4 is 11.9 Å². The highest BCUT2D eigenvalue weighted by molar-refractivity contribution is 5.89. The first kappa shape index (κ1) is 25.0.